The van der Waals surface area contributed by atoms with Gasteiger partial charge in [0.25, 0.3) is 0 Å². The summed E-state index contributed by atoms with van der Waals surface area (Å²) in [6, 6.07) is 1.29. The number of rotatable bonds is 3. The Balaban J connectivity index is 3.32. The Morgan fingerprint density at radius 2 is 2.29 bits per heavy atom. The minimum absolute atomic E-state index is 0.0423. The van der Waals surface area contributed by atoms with Crippen molar-refractivity contribution in [2.45, 2.75) is 13.5 Å². The number of halogens is 2. The first-order chi connectivity index (χ1) is 6.61. The van der Waals surface area contributed by atoms with Crippen molar-refractivity contribution >= 4 is 11.6 Å². The van der Waals surface area contributed by atoms with Crippen LogP contribution in [0.3, 0.4) is 0 Å². The van der Waals surface area contributed by atoms with Crippen LogP contribution < -0.4 is 10.2 Å². The van der Waals surface area contributed by atoms with Crippen molar-refractivity contribution in [1.82, 2.24) is 5.48 Å². The van der Waals surface area contributed by atoms with Crippen LogP contribution in [0.2, 0.25) is 5.02 Å². The third-order valence-corrected chi connectivity index (χ3v) is 2.43. The van der Waals surface area contributed by atoms with Gasteiger partial charge in [0.15, 0.2) is 11.6 Å². The van der Waals surface area contributed by atoms with E-state index in [2.05, 4.69) is 0 Å². The van der Waals surface area contributed by atoms with Gasteiger partial charge < -0.3 is 9.94 Å². The molecule has 0 fully saturated rings. The van der Waals surface area contributed by atoms with E-state index < -0.39 is 5.82 Å². The van der Waals surface area contributed by atoms with E-state index >= 15 is 0 Å². The summed E-state index contributed by atoms with van der Waals surface area (Å²) < 4.78 is 18.2. The second kappa shape index (κ2) is 4.59. The summed E-state index contributed by atoms with van der Waals surface area (Å²) in [5.41, 5.74) is 2.94. The summed E-state index contributed by atoms with van der Waals surface area (Å²) in [5, 5.41) is 8.95. The molecule has 1 aromatic carbocycles. The van der Waals surface area contributed by atoms with Crippen molar-refractivity contribution in [1.29, 1.82) is 0 Å². The summed E-state index contributed by atoms with van der Waals surface area (Å²) in [6.07, 6.45) is 0. The van der Waals surface area contributed by atoms with Gasteiger partial charge in [-0.15, -0.1) is 0 Å². The molecule has 0 saturated carbocycles. The number of hydroxylamine groups is 1. The van der Waals surface area contributed by atoms with E-state index in [1.165, 1.54) is 13.2 Å². The lowest BCUT2D eigenvalue weighted by Crippen LogP contribution is -2.09. The molecule has 0 aliphatic rings. The van der Waals surface area contributed by atoms with Gasteiger partial charge in [-0.25, -0.2) is 9.87 Å². The van der Waals surface area contributed by atoms with Crippen molar-refractivity contribution in [3.05, 3.63) is 28.0 Å². The van der Waals surface area contributed by atoms with Crippen LogP contribution in [-0.4, -0.2) is 12.3 Å². The van der Waals surface area contributed by atoms with Gasteiger partial charge in [-0.2, -0.15) is 0 Å². The molecule has 1 aromatic rings. The van der Waals surface area contributed by atoms with Crippen LogP contribution in [0.25, 0.3) is 0 Å². The number of hydrogen-bond acceptors (Lipinski definition) is 3. The standard InChI is InChI=1S/C9H11ClFNO2/c1-5-3-7(11)9(14-2)6(4-12-13)8(5)10/h3,12-13H,4H2,1-2H3. The highest BCUT2D eigenvalue weighted by Gasteiger charge is 2.15. The first-order valence-electron chi connectivity index (χ1n) is 4.00. The van der Waals surface area contributed by atoms with E-state index in [1.54, 1.807) is 6.92 Å². The molecule has 5 heteroatoms. The number of methoxy groups -OCH3 is 1. The molecular weight excluding hydrogens is 209 g/mol. The molecule has 0 aromatic heterocycles. The van der Waals surface area contributed by atoms with Gasteiger partial charge >= 0.3 is 0 Å². The minimum Gasteiger partial charge on any atom is -0.493 e. The first-order valence-corrected chi connectivity index (χ1v) is 4.38. The van der Waals surface area contributed by atoms with Gasteiger partial charge in [-0.05, 0) is 18.6 Å². The van der Waals surface area contributed by atoms with Crippen LogP contribution >= 0.6 is 11.6 Å². The molecule has 0 radical (unpaired) electrons. The highest BCUT2D eigenvalue weighted by Crippen LogP contribution is 2.32. The third kappa shape index (κ3) is 1.97. The summed E-state index contributed by atoms with van der Waals surface area (Å²) >= 11 is 5.93. The first kappa shape index (κ1) is 11.2. The Labute approximate surface area is 86.4 Å². The molecule has 0 amide bonds. The van der Waals surface area contributed by atoms with Crippen molar-refractivity contribution in [2.75, 3.05) is 7.11 Å². The topological polar surface area (TPSA) is 41.5 Å². The third-order valence-electron chi connectivity index (χ3n) is 1.91. The van der Waals surface area contributed by atoms with Crippen molar-refractivity contribution < 1.29 is 14.3 Å². The zero-order valence-corrected chi connectivity index (χ0v) is 8.65. The van der Waals surface area contributed by atoms with E-state index in [-0.39, 0.29) is 12.3 Å². The van der Waals surface area contributed by atoms with Gasteiger partial charge in [-0.3, -0.25) is 0 Å². The second-order valence-corrected chi connectivity index (χ2v) is 3.21. The quantitative estimate of drug-likeness (QED) is 0.767. The average molecular weight is 220 g/mol. The molecule has 2 N–H and O–H groups in total. The molecule has 0 bridgehead atoms. The molecule has 14 heavy (non-hydrogen) atoms. The lowest BCUT2D eigenvalue weighted by Gasteiger charge is -2.12. The molecule has 0 aliphatic carbocycles. The van der Waals surface area contributed by atoms with Crippen molar-refractivity contribution in [3.8, 4) is 5.75 Å². The van der Waals surface area contributed by atoms with E-state index in [0.29, 0.717) is 16.1 Å². The zero-order chi connectivity index (χ0) is 10.7. The zero-order valence-electron chi connectivity index (χ0n) is 7.90. The number of hydrogen-bond donors (Lipinski definition) is 2. The highest BCUT2D eigenvalue weighted by atomic mass is 35.5. The summed E-state index contributed by atoms with van der Waals surface area (Å²) in [5.74, 6) is -0.429. The van der Waals surface area contributed by atoms with E-state index in [9.17, 15) is 4.39 Å². The lowest BCUT2D eigenvalue weighted by molar-refractivity contribution is 0.160. The molecule has 0 saturated heterocycles. The highest BCUT2D eigenvalue weighted by molar-refractivity contribution is 6.32. The molecule has 78 valence electrons. The van der Waals surface area contributed by atoms with Crippen LogP contribution in [0.5, 0.6) is 5.75 Å². The maximum absolute atomic E-state index is 13.3. The fourth-order valence-corrected chi connectivity index (χ4v) is 1.47. The summed E-state index contributed by atoms with van der Waals surface area (Å²) in [6.45, 7) is 1.73. The van der Waals surface area contributed by atoms with Crippen LogP contribution in [0.1, 0.15) is 11.1 Å². The predicted molar refractivity (Wildman–Crippen MR) is 51.3 cm³/mol. The van der Waals surface area contributed by atoms with Crippen LogP contribution in [0, 0.1) is 12.7 Å². The summed E-state index contributed by atoms with van der Waals surface area (Å²) in [4.78, 5) is 0. The molecular formula is C9H11ClFNO2. The molecule has 1 rings (SSSR count). The number of benzene rings is 1. The van der Waals surface area contributed by atoms with Crippen LogP contribution in [-0.2, 0) is 6.54 Å². The van der Waals surface area contributed by atoms with Crippen LogP contribution in [0.4, 0.5) is 4.39 Å². The molecule has 0 aliphatic heterocycles. The number of aryl methyl sites for hydroxylation is 1. The fourth-order valence-electron chi connectivity index (χ4n) is 1.26. The molecule has 0 spiro atoms. The molecule has 3 nitrogen and oxygen atoms in total. The molecule has 0 atom stereocenters. The van der Waals surface area contributed by atoms with E-state index in [4.69, 9.17) is 21.5 Å². The SMILES string of the molecule is COc1c(F)cc(C)c(Cl)c1CNO. The minimum atomic E-state index is -0.486. The fraction of sp³-hybridized carbons (Fsp3) is 0.333. The predicted octanol–water partition coefficient (Wildman–Crippen LogP) is 2.27. The van der Waals surface area contributed by atoms with Gasteiger partial charge in [0.05, 0.1) is 18.7 Å². The average Bonchev–Trinajstić information content (AvgIpc) is 2.14. The molecule has 0 heterocycles. The second-order valence-electron chi connectivity index (χ2n) is 2.84. The smallest absolute Gasteiger partial charge is 0.165 e. The van der Waals surface area contributed by atoms with Crippen LogP contribution in [0.15, 0.2) is 6.07 Å². The maximum atomic E-state index is 13.3. The Kier molecular flexibility index (Phi) is 3.69. The van der Waals surface area contributed by atoms with E-state index in [1.807, 2.05) is 5.48 Å². The van der Waals surface area contributed by atoms with E-state index in [0.717, 1.165) is 0 Å². The Hall–Kier alpha value is -0.840. The van der Waals surface area contributed by atoms with Crippen molar-refractivity contribution in [3.63, 3.8) is 0 Å². The molecule has 0 unspecified atom stereocenters. The monoisotopic (exact) mass is 219 g/mol. The number of nitrogens with one attached hydrogen (secondary N) is 1. The summed E-state index contributed by atoms with van der Waals surface area (Å²) in [7, 11) is 1.35. The Bertz CT molecular complexity index is 344. The van der Waals surface area contributed by atoms with Crippen molar-refractivity contribution in [2.24, 2.45) is 0 Å². The lowest BCUT2D eigenvalue weighted by atomic mass is 10.1. The largest absolute Gasteiger partial charge is 0.493 e. The Morgan fingerprint density at radius 1 is 1.64 bits per heavy atom. The van der Waals surface area contributed by atoms with Gasteiger partial charge in [0.1, 0.15) is 0 Å². The normalized spacial score (nSPS) is 10.4. The van der Waals surface area contributed by atoms with Gasteiger partial charge in [-0.1, -0.05) is 11.6 Å². The Morgan fingerprint density at radius 3 is 2.79 bits per heavy atom. The van der Waals surface area contributed by atoms with Gasteiger partial charge in [0.2, 0.25) is 0 Å². The van der Waals surface area contributed by atoms with Gasteiger partial charge in [0, 0.05) is 5.56 Å². The maximum Gasteiger partial charge on any atom is 0.165 e. The number of ether oxygens (including phenoxy) is 1.